The van der Waals surface area contributed by atoms with Crippen LogP contribution >= 0.6 is 0 Å². The molecule has 0 radical (unpaired) electrons. The van der Waals surface area contributed by atoms with Gasteiger partial charge in [-0.25, -0.2) is 4.98 Å². The van der Waals surface area contributed by atoms with Crippen LogP contribution in [0.1, 0.15) is 24.2 Å². The van der Waals surface area contributed by atoms with Gasteiger partial charge in [0.05, 0.1) is 12.6 Å². The van der Waals surface area contributed by atoms with Crippen LogP contribution in [0, 0.1) is 5.92 Å². The van der Waals surface area contributed by atoms with E-state index in [1.165, 1.54) is 5.56 Å². The van der Waals surface area contributed by atoms with Crippen molar-refractivity contribution in [3.05, 3.63) is 54.1 Å². The van der Waals surface area contributed by atoms with E-state index in [1.54, 1.807) is 18.1 Å². The van der Waals surface area contributed by atoms with E-state index in [-0.39, 0.29) is 11.8 Å². The number of hydrogen-bond acceptors (Lipinski definition) is 4. The molecule has 1 aliphatic rings. The summed E-state index contributed by atoms with van der Waals surface area (Å²) in [6.07, 6.45) is 5.42. The minimum Gasteiger partial charge on any atom is -0.381 e. The first kappa shape index (κ1) is 17.6. The Bertz CT molecular complexity index is 680. The maximum atomic E-state index is 12.7. The number of carbonyl (C=O) groups is 1. The highest BCUT2D eigenvalue weighted by atomic mass is 16.5. The topological polar surface area (TPSA) is 73.4 Å². The summed E-state index contributed by atoms with van der Waals surface area (Å²) in [7, 11) is 1.79. The van der Waals surface area contributed by atoms with E-state index in [4.69, 9.17) is 10.5 Å². The number of rotatable bonds is 6. The normalized spacial score (nSPS) is 16.6. The van der Waals surface area contributed by atoms with Gasteiger partial charge in [-0.1, -0.05) is 30.3 Å². The summed E-state index contributed by atoms with van der Waals surface area (Å²) < 4.78 is 7.42. The lowest BCUT2D eigenvalue weighted by Crippen LogP contribution is -2.47. The minimum absolute atomic E-state index is 0.0267. The summed E-state index contributed by atoms with van der Waals surface area (Å²) in [5.41, 5.74) is 7.41. The van der Waals surface area contributed by atoms with E-state index in [2.05, 4.69) is 21.7 Å². The average Bonchev–Trinajstić information content (AvgIpc) is 3.08. The van der Waals surface area contributed by atoms with Crippen molar-refractivity contribution in [2.45, 2.75) is 32.0 Å². The first-order valence-corrected chi connectivity index (χ1v) is 8.77. The Morgan fingerprint density at radius 3 is 2.80 bits per heavy atom. The maximum Gasteiger partial charge on any atom is 0.239 e. The third-order valence-corrected chi connectivity index (χ3v) is 4.81. The number of ether oxygens (including phenoxy) is 1. The molecule has 1 amide bonds. The van der Waals surface area contributed by atoms with E-state index in [1.807, 2.05) is 24.4 Å². The Kier molecular flexibility index (Phi) is 5.83. The lowest BCUT2D eigenvalue weighted by molar-refractivity contribution is -0.134. The molecular formula is C19H26N4O2. The van der Waals surface area contributed by atoms with E-state index < -0.39 is 6.04 Å². The predicted octanol–water partition coefficient (Wildman–Crippen LogP) is 1.64. The molecule has 1 atom stereocenters. The minimum atomic E-state index is -0.466. The van der Waals surface area contributed by atoms with E-state index in [0.29, 0.717) is 19.8 Å². The fraction of sp³-hybridized carbons (Fsp3) is 0.474. The van der Waals surface area contributed by atoms with Crippen molar-refractivity contribution in [3.63, 3.8) is 0 Å². The second-order valence-electron chi connectivity index (χ2n) is 6.63. The number of amides is 1. The van der Waals surface area contributed by atoms with Gasteiger partial charge >= 0.3 is 0 Å². The molecule has 1 unspecified atom stereocenters. The van der Waals surface area contributed by atoms with E-state index >= 15 is 0 Å². The maximum absolute atomic E-state index is 12.7. The van der Waals surface area contributed by atoms with Gasteiger partial charge in [-0.15, -0.1) is 0 Å². The third kappa shape index (κ3) is 4.46. The molecule has 2 heterocycles. The standard InChI is InChI=1S/C19H26N4O2/c1-22(19(24)18(20)16-7-11-25-12-8-16)14-17-21-9-10-23(17)13-15-5-3-2-4-6-15/h2-6,9-10,16,18H,7-8,11-14,20H2,1H3. The number of nitrogens with two attached hydrogens (primary N) is 1. The Morgan fingerprint density at radius 2 is 2.08 bits per heavy atom. The highest BCUT2D eigenvalue weighted by molar-refractivity contribution is 5.81. The first-order valence-electron chi connectivity index (χ1n) is 8.77. The van der Waals surface area contributed by atoms with Crippen molar-refractivity contribution >= 4 is 5.91 Å². The highest BCUT2D eigenvalue weighted by Crippen LogP contribution is 2.19. The van der Waals surface area contributed by atoms with Crippen molar-refractivity contribution in [1.29, 1.82) is 0 Å². The Hall–Kier alpha value is -2.18. The molecule has 0 aliphatic carbocycles. The van der Waals surface area contributed by atoms with Gasteiger partial charge in [-0.3, -0.25) is 4.79 Å². The van der Waals surface area contributed by atoms with Crippen molar-refractivity contribution in [2.24, 2.45) is 11.7 Å². The SMILES string of the molecule is CN(Cc1nccn1Cc1ccccc1)C(=O)C(N)C1CCOCC1. The number of carbonyl (C=O) groups excluding carboxylic acids is 1. The molecule has 1 aromatic heterocycles. The smallest absolute Gasteiger partial charge is 0.239 e. The van der Waals surface area contributed by atoms with Crippen LogP contribution in [0.15, 0.2) is 42.7 Å². The lowest BCUT2D eigenvalue weighted by atomic mass is 9.91. The Balaban J connectivity index is 1.62. The summed E-state index contributed by atoms with van der Waals surface area (Å²) in [6.45, 7) is 2.58. The molecule has 0 spiro atoms. The van der Waals surface area contributed by atoms with Crippen LogP contribution in [0.5, 0.6) is 0 Å². The molecule has 25 heavy (non-hydrogen) atoms. The molecule has 6 nitrogen and oxygen atoms in total. The van der Waals surface area contributed by atoms with Crippen molar-refractivity contribution in [1.82, 2.24) is 14.5 Å². The zero-order valence-corrected chi connectivity index (χ0v) is 14.7. The van der Waals surface area contributed by atoms with Crippen LogP contribution < -0.4 is 5.73 Å². The van der Waals surface area contributed by atoms with Crippen molar-refractivity contribution in [3.8, 4) is 0 Å². The molecule has 1 fully saturated rings. The largest absolute Gasteiger partial charge is 0.381 e. The second kappa shape index (κ2) is 8.27. The molecule has 2 N–H and O–H groups in total. The summed E-state index contributed by atoms with van der Waals surface area (Å²) in [5.74, 6) is 1.04. The van der Waals surface area contributed by atoms with Crippen LogP contribution in [0.2, 0.25) is 0 Å². The van der Waals surface area contributed by atoms with E-state index in [0.717, 1.165) is 25.2 Å². The highest BCUT2D eigenvalue weighted by Gasteiger charge is 2.29. The summed E-state index contributed by atoms with van der Waals surface area (Å²) in [5, 5.41) is 0. The molecular weight excluding hydrogens is 316 g/mol. The Labute approximate surface area is 148 Å². The third-order valence-electron chi connectivity index (χ3n) is 4.81. The molecule has 1 aliphatic heterocycles. The average molecular weight is 342 g/mol. The van der Waals surface area contributed by atoms with Gasteiger partial charge in [0.25, 0.3) is 0 Å². The number of likely N-dealkylation sites (N-methyl/N-ethyl adjacent to an activating group) is 1. The summed E-state index contributed by atoms with van der Waals surface area (Å²) in [6, 6.07) is 9.75. The van der Waals surface area contributed by atoms with Crippen molar-refractivity contribution < 1.29 is 9.53 Å². The van der Waals surface area contributed by atoms with Crippen molar-refractivity contribution in [2.75, 3.05) is 20.3 Å². The number of imidazole rings is 1. The van der Waals surface area contributed by atoms with Gasteiger partial charge in [0.1, 0.15) is 5.82 Å². The second-order valence-corrected chi connectivity index (χ2v) is 6.63. The molecule has 0 bridgehead atoms. The molecule has 6 heteroatoms. The molecule has 134 valence electrons. The van der Waals surface area contributed by atoms with Gasteiger partial charge in [0.15, 0.2) is 0 Å². The van der Waals surface area contributed by atoms with Crippen LogP contribution in [0.3, 0.4) is 0 Å². The molecule has 2 aromatic rings. The molecule has 0 saturated carbocycles. The Morgan fingerprint density at radius 1 is 1.36 bits per heavy atom. The summed E-state index contributed by atoms with van der Waals surface area (Å²) in [4.78, 5) is 18.8. The van der Waals surface area contributed by atoms with Crippen LogP contribution in [-0.2, 0) is 22.6 Å². The fourth-order valence-electron chi connectivity index (χ4n) is 3.24. The van der Waals surface area contributed by atoms with Crippen LogP contribution in [-0.4, -0.2) is 46.7 Å². The first-order chi connectivity index (χ1) is 12.1. The number of hydrogen-bond donors (Lipinski definition) is 1. The lowest BCUT2D eigenvalue weighted by Gasteiger charge is -2.29. The number of aromatic nitrogens is 2. The zero-order chi connectivity index (χ0) is 17.6. The predicted molar refractivity (Wildman–Crippen MR) is 95.8 cm³/mol. The van der Waals surface area contributed by atoms with Crippen LogP contribution in [0.25, 0.3) is 0 Å². The quantitative estimate of drug-likeness (QED) is 0.866. The van der Waals surface area contributed by atoms with Gasteiger partial charge in [-0.05, 0) is 24.3 Å². The fourth-order valence-corrected chi connectivity index (χ4v) is 3.24. The number of benzene rings is 1. The van der Waals surface area contributed by atoms with Gasteiger partial charge in [0, 0.05) is 39.2 Å². The van der Waals surface area contributed by atoms with Gasteiger partial charge in [0.2, 0.25) is 5.91 Å². The van der Waals surface area contributed by atoms with E-state index in [9.17, 15) is 4.79 Å². The summed E-state index contributed by atoms with van der Waals surface area (Å²) >= 11 is 0. The van der Waals surface area contributed by atoms with Gasteiger partial charge in [-0.2, -0.15) is 0 Å². The molecule has 1 saturated heterocycles. The number of nitrogens with zero attached hydrogens (tertiary/aromatic N) is 3. The molecule has 3 rings (SSSR count). The monoisotopic (exact) mass is 342 g/mol. The zero-order valence-electron chi connectivity index (χ0n) is 14.7. The van der Waals surface area contributed by atoms with Gasteiger partial charge < -0.3 is 19.9 Å². The molecule has 1 aromatic carbocycles. The van der Waals surface area contributed by atoms with Crippen LogP contribution in [0.4, 0.5) is 0 Å².